The van der Waals surface area contributed by atoms with Crippen molar-refractivity contribution in [1.29, 1.82) is 0 Å². The summed E-state index contributed by atoms with van der Waals surface area (Å²) in [5.74, 6) is 0.686. The van der Waals surface area contributed by atoms with Gasteiger partial charge in [0.25, 0.3) is 0 Å². The van der Waals surface area contributed by atoms with Crippen LogP contribution in [0.2, 0.25) is 5.02 Å². The molecule has 2 heterocycles. The zero-order chi connectivity index (χ0) is 27.9. The molecule has 1 spiro atoms. The molecule has 2 unspecified atom stereocenters. The SMILES string of the molecule is CC(O)CO[C@H]1CCO[C@H]([C@@H]2CC[C@H]2CN2CC3(CCCc4cc(Cl)ccc43)COc3ccc(C(=O)O)cc32)C1. The van der Waals surface area contributed by atoms with Crippen LogP contribution in [0.3, 0.4) is 0 Å². The van der Waals surface area contributed by atoms with Crippen molar-refractivity contribution in [2.24, 2.45) is 11.8 Å². The van der Waals surface area contributed by atoms with E-state index in [1.165, 1.54) is 11.1 Å². The Morgan fingerprint density at radius 3 is 2.88 bits per heavy atom. The maximum Gasteiger partial charge on any atom is 0.335 e. The van der Waals surface area contributed by atoms with Gasteiger partial charge in [-0.05, 0) is 98.7 Å². The van der Waals surface area contributed by atoms with Crippen LogP contribution in [-0.2, 0) is 21.3 Å². The van der Waals surface area contributed by atoms with Gasteiger partial charge in [-0.25, -0.2) is 4.79 Å². The van der Waals surface area contributed by atoms with E-state index in [1.54, 1.807) is 19.1 Å². The predicted molar refractivity (Wildman–Crippen MR) is 154 cm³/mol. The number of carboxylic acids is 1. The number of carbonyl (C=O) groups is 1. The van der Waals surface area contributed by atoms with Crippen molar-refractivity contribution in [2.75, 3.05) is 37.8 Å². The fourth-order valence-electron chi connectivity index (χ4n) is 7.36. The van der Waals surface area contributed by atoms with E-state index in [2.05, 4.69) is 17.0 Å². The Labute approximate surface area is 241 Å². The third-order valence-corrected chi connectivity index (χ3v) is 9.77. The lowest BCUT2D eigenvalue weighted by molar-refractivity contribution is -0.124. The number of fused-ring (bicyclic) bond motifs is 3. The number of carboxylic acid groups (broad SMARTS) is 1. The molecule has 1 saturated heterocycles. The minimum absolute atomic E-state index is 0.119. The number of hydrogen-bond donors (Lipinski definition) is 2. The standard InChI is InChI=1S/C32H40ClNO6/c1-20(35)17-39-25-10-12-38-30(15-25)26-7-4-23(26)16-34-18-32(11-2-3-21-13-24(33)6-8-27(21)32)19-40-29-9-5-22(31(36)37)14-28(29)34/h5-6,8-9,13-14,20,23,25-26,30,35H,2-4,7,10-12,15-19H2,1H3,(H,36,37)/t20?,23-,25-,26+,30-,32?/m0/s1. The smallest absolute Gasteiger partial charge is 0.335 e. The van der Waals surface area contributed by atoms with Gasteiger partial charge in [-0.3, -0.25) is 0 Å². The van der Waals surface area contributed by atoms with Gasteiger partial charge in [-0.15, -0.1) is 0 Å². The second-order valence-electron chi connectivity index (χ2n) is 12.3. The van der Waals surface area contributed by atoms with Gasteiger partial charge in [-0.1, -0.05) is 17.7 Å². The van der Waals surface area contributed by atoms with Crippen molar-refractivity contribution in [3.63, 3.8) is 0 Å². The Hall–Kier alpha value is -2.32. The van der Waals surface area contributed by atoms with Gasteiger partial charge < -0.3 is 29.3 Å². The number of nitrogens with zero attached hydrogens (tertiary/aromatic N) is 1. The predicted octanol–water partition coefficient (Wildman–Crippen LogP) is 5.48. The maximum atomic E-state index is 11.9. The molecule has 6 atom stereocenters. The maximum absolute atomic E-state index is 11.9. The molecule has 2 aliphatic carbocycles. The topological polar surface area (TPSA) is 88.5 Å². The van der Waals surface area contributed by atoms with Crippen LogP contribution < -0.4 is 9.64 Å². The highest BCUT2D eigenvalue weighted by atomic mass is 35.5. The first-order valence-corrected chi connectivity index (χ1v) is 15.1. The fraction of sp³-hybridized carbons (Fsp3) is 0.594. The molecule has 8 heteroatoms. The molecule has 1 saturated carbocycles. The summed E-state index contributed by atoms with van der Waals surface area (Å²) in [4.78, 5) is 14.3. The van der Waals surface area contributed by atoms with Crippen molar-refractivity contribution >= 4 is 23.3 Å². The quantitative estimate of drug-likeness (QED) is 0.456. The number of aliphatic hydroxyl groups excluding tert-OH is 1. The Kier molecular flexibility index (Phi) is 8.01. The summed E-state index contributed by atoms with van der Waals surface area (Å²) in [6.45, 7) is 4.95. The average Bonchev–Trinajstić information content (AvgIpc) is 3.07. The number of ether oxygens (including phenoxy) is 3. The largest absolute Gasteiger partial charge is 0.490 e. The summed E-state index contributed by atoms with van der Waals surface area (Å²) in [5.41, 5.74) is 3.54. The lowest BCUT2D eigenvalue weighted by Gasteiger charge is -2.47. The molecule has 2 fully saturated rings. The molecule has 40 heavy (non-hydrogen) atoms. The summed E-state index contributed by atoms with van der Waals surface area (Å²) < 4.78 is 18.7. The molecule has 7 nitrogen and oxygen atoms in total. The molecule has 2 aromatic rings. The summed E-state index contributed by atoms with van der Waals surface area (Å²) >= 11 is 6.38. The lowest BCUT2D eigenvalue weighted by atomic mass is 9.67. The second kappa shape index (κ2) is 11.5. The highest BCUT2D eigenvalue weighted by molar-refractivity contribution is 6.30. The van der Waals surface area contributed by atoms with Crippen LogP contribution in [-0.4, -0.2) is 67.4 Å². The minimum atomic E-state index is -0.931. The van der Waals surface area contributed by atoms with Crippen LogP contribution >= 0.6 is 11.6 Å². The summed E-state index contributed by atoms with van der Waals surface area (Å²) in [6.07, 6.45) is 6.85. The average molecular weight is 570 g/mol. The minimum Gasteiger partial charge on any atom is -0.490 e. The van der Waals surface area contributed by atoms with E-state index in [0.717, 1.165) is 74.5 Å². The van der Waals surface area contributed by atoms with Crippen LogP contribution in [0.15, 0.2) is 36.4 Å². The summed E-state index contributed by atoms with van der Waals surface area (Å²) in [7, 11) is 0. The van der Waals surface area contributed by atoms with Crippen molar-refractivity contribution in [1.82, 2.24) is 0 Å². The first-order valence-electron chi connectivity index (χ1n) is 14.8. The van der Waals surface area contributed by atoms with Crippen LogP contribution in [0.25, 0.3) is 0 Å². The Bertz CT molecular complexity index is 1240. The lowest BCUT2D eigenvalue weighted by Crippen LogP contribution is -2.51. The summed E-state index contributed by atoms with van der Waals surface area (Å²) in [5, 5.41) is 20.2. The molecule has 6 rings (SSSR count). The molecule has 0 radical (unpaired) electrons. The van der Waals surface area contributed by atoms with E-state index >= 15 is 0 Å². The molecular formula is C32H40ClNO6. The number of aryl methyl sites for hydroxylation is 1. The molecule has 0 aromatic heterocycles. The van der Waals surface area contributed by atoms with Gasteiger partial charge in [0.2, 0.25) is 0 Å². The zero-order valence-corrected chi connectivity index (χ0v) is 23.9. The molecular weight excluding hydrogens is 530 g/mol. The van der Waals surface area contributed by atoms with Crippen LogP contribution in [0, 0.1) is 11.8 Å². The molecule has 2 aliphatic heterocycles. The van der Waals surface area contributed by atoms with E-state index < -0.39 is 12.1 Å². The van der Waals surface area contributed by atoms with Crippen LogP contribution in [0.1, 0.15) is 66.9 Å². The van der Waals surface area contributed by atoms with Crippen molar-refractivity contribution < 1.29 is 29.2 Å². The number of aromatic carboxylic acids is 1. The van der Waals surface area contributed by atoms with Crippen molar-refractivity contribution in [2.45, 2.75) is 75.6 Å². The molecule has 0 bridgehead atoms. The number of rotatable bonds is 7. The molecule has 0 amide bonds. The highest BCUT2D eigenvalue weighted by Gasteiger charge is 2.45. The van der Waals surface area contributed by atoms with Crippen LogP contribution in [0.5, 0.6) is 5.75 Å². The van der Waals surface area contributed by atoms with E-state index in [9.17, 15) is 15.0 Å². The van der Waals surface area contributed by atoms with Gasteiger partial charge in [0, 0.05) is 36.6 Å². The van der Waals surface area contributed by atoms with E-state index in [4.69, 9.17) is 25.8 Å². The number of anilines is 1. The van der Waals surface area contributed by atoms with Crippen molar-refractivity contribution in [3.05, 3.63) is 58.1 Å². The Morgan fingerprint density at radius 1 is 1.23 bits per heavy atom. The molecule has 216 valence electrons. The first-order chi connectivity index (χ1) is 19.3. The number of benzene rings is 2. The third kappa shape index (κ3) is 5.58. The van der Waals surface area contributed by atoms with Gasteiger partial charge in [-0.2, -0.15) is 0 Å². The third-order valence-electron chi connectivity index (χ3n) is 9.53. The van der Waals surface area contributed by atoms with Crippen molar-refractivity contribution in [3.8, 4) is 5.75 Å². The van der Waals surface area contributed by atoms with Gasteiger partial charge >= 0.3 is 5.97 Å². The Morgan fingerprint density at radius 2 is 2.10 bits per heavy atom. The van der Waals surface area contributed by atoms with Crippen LogP contribution in [0.4, 0.5) is 5.69 Å². The fourth-order valence-corrected chi connectivity index (χ4v) is 7.56. The molecule has 2 aromatic carbocycles. The molecule has 2 N–H and O–H groups in total. The van der Waals surface area contributed by atoms with Gasteiger partial charge in [0.05, 0.1) is 42.8 Å². The number of halogens is 1. The number of hydrogen-bond acceptors (Lipinski definition) is 6. The van der Waals surface area contributed by atoms with E-state index in [-0.39, 0.29) is 23.2 Å². The van der Waals surface area contributed by atoms with Gasteiger partial charge in [0.15, 0.2) is 0 Å². The first kappa shape index (κ1) is 27.8. The number of aliphatic hydroxyl groups is 1. The van der Waals surface area contributed by atoms with Gasteiger partial charge in [0.1, 0.15) is 5.75 Å². The highest BCUT2D eigenvalue weighted by Crippen LogP contribution is 2.47. The monoisotopic (exact) mass is 569 g/mol. The normalized spacial score (nSPS) is 30.4. The summed E-state index contributed by atoms with van der Waals surface area (Å²) in [6, 6.07) is 11.5. The molecule has 4 aliphatic rings. The van der Waals surface area contributed by atoms with E-state index in [0.29, 0.717) is 31.7 Å². The van der Waals surface area contributed by atoms with E-state index in [1.807, 2.05) is 12.1 Å². The Balaban J connectivity index is 1.27. The second-order valence-corrected chi connectivity index (χ2v) is 12.8. The zero-order valence-electron chi connectivity index (χ0n) is 23.2.